The summed E-state index contributed by atoms with van der Waals surface area (Å²) in [5.74, 6) is -1.52. The lowest BCUT2D eigenvalue weighted by atomic mass is 10.2. The number of sulfonamides is 1. The molecule has 9 nitrogen and oxygen atoms in total. The molecule has 1 N–H and O–H groups in total. The fourth-order valence-electron chi connectivity index (χ4n) is 3.07. The summed E-state index contributed by atoms with van der Waals surface area (Å²) in [7, 11) is -3.71. The van der Waals surface area contributed by atoms with Crippen LogP contribution in [0.5, 0.6) is 0 Å². The van der Waals surface area contributed by atoms with Crippen molar-refractivity contribution in [1.29, 1.82) is 0 Å². The molecule has 2 amide bonds. The van der Waals surface area contributed by atoms with Gasteiger partial charge in [-0.1, -0.05) is 12.5 Å². The van der Waals surface area contributed by atoms with E-state index in [9.17, 15) is 22.8 Å². The van der Waals surface area contributed by atoms with Crippen LogP contribution in [-0.4, -0.2) is 55.3 Å². The number of nitrogens with one attached hydrogen (secondary N) is 1. The second-order valence-electron chi connectivity index (χ2n) is 6.85. The summed E-state index contributed by atoms with van der Waals surface area (Å²) >= 11 is 1.28. The van der Waals surface area contributed by atoms with Gasteiger partial charge in [0.2, 0.25) is 10.0 Å². The van der Waals surface area contributed by atoms with E-state index in [0.717, 1.165) is 24.3 Å². The van der Waals surface area contributed by atoms with Crippen LogP contribution in [0.1, 0.15) is 46.9 Å². The summed E-state index contributed by atoms with van der Waals surface area (Å²) in [6.45, 7) is 2.53. The van der Waals surface area contributed by atoms with E-state index < -0.39 is 28.0 Å². The van der Waals surface area contributed by atoms with Crippen LogP contribution in [0, 0.1) is 0 Å². The molecule has 0 aliphatic carbocycles. The Labute approximate surface area is 184 Å². The SMILES string of the molecule is CCN(NC(=O)c1cccc(S(=O)(=O)N2CCCCC2)c1)C(=O)OC(=O)c1ccsc1. The maximum Gasteiger partial charge on any atom is 0.436 e. The monoisotopic (exact) mass is 465 g/mol. The third-order valence-electron chi connectivity index (χ3n) is 4.76. The summed E-state index contributed by atoms with van der Waals surface area (Å²) in [5.41, 5.74) is 2.65. The molecule has 0 saturated carbocycles. The van der Waals surface area contributed by atoms with Gasteiger partial charge in [0.25, 0.3) is 5.91 Å². The Balaban J connectivity index is 1.69. The smallest absolute Gasteiger partial charge is 0.371 e. The zero-order chi connectivity index (χ0) is 22.4. The normalized spacial score (nSPS) is 14.6. The maximum absolute atomic E-state index is 12.9. The highest BCUT2D eigenvalue weighted by molar-refractivity contribution is 7.89. The minimum atomic E-state index is -3.71. The van der Waals surface area contributed by atoms with Crippen LogP contribution < -0.4 is 5.43 Å². The van der Waals surface area contributed by atoms with Crippen LogP contribution in [0.15, 0.2) is 46.0 Å². The van der Waals surface area contributed by atoms with Gasteiger partial charge in [-0.15, -0.1) is 0 Å². The van der Waals surface area contributed by atoms with Gasteiger partial charge in [0.1, 0.15) is 0 Å². The number of hydrazine groups is 1. The summed E-state index contributed by atoms with van der Waals surface area (Å²) in [4.78, 5) is 36.8. The third kappa shape index (κ3) is 5.49. The quantitative estimate of drug-likeness (QED) is 0.413. The number of carbonyl (C=O) groups excluding carboxylic acids is 3. The van der Waals surface area contributed by atoms with Crippen molar-refractivity contribution in [3.05, 3.63) is 52.2 Å². The van der Waals surface area contributed by atoms with Crippen molar-refractivity contribution in [1.82, 2.24) is 14.7 Å². The van der Waals surface area contributed by atoms with Crippen molar-refractivity contribution in [2.24, 2.45) is 0 Å². The number of esters is 1. The molecular formula is C20H23N3O6S2. The Morgan fingerprint density at radius 3 is 2.52 bits per heavy atom. The largest absolute Gasteiger partial charge is 0.436 e. The van der Waals surface area contributed by atoms with Crippen molar-refractivity contribution in [2.45, 2.75) is 31.1 Å². The van der Waals surface area contributed by atoms with Gasteiger partial charge < -0.3 is 4.74 Å². The Kier molecular flexibility index (Phi) is 7.42. The second-order valence-corrected chi connectivity index (χ2v) is 9.56. The van der Waals surface area contributed by atoms with Crippen LogP contribution >= 0.6 is 11.3 Å². The van der Waals surface area contributed by atoms with Gasteiger partial charge in [0, 0.05) is 30.6 Å². The van der Waals surface area contributed by atoms with Gasteiger partial charge in [0.15, 0.2) is 0 Å². The fraction of sp³-hybridized carbons (Fsp3) is 0.350. The predicted molar refractivity (Wildman–Crippen MR) is 114 cm³/mol. The third-order valence-corrected chi connectivity index (χ3v) is 7.34. The molecule has 3 rings (SSSR count). The van der Waals surface area contributed by atoms with E-state index in [1.807, 2.05) is 0 Å². The first kappa shape index (κ1) is 22.9. The second kappa shape index (κ2) is 10.0. The van der Waals surface area contributed by atoms with Gasteiger partial charge in [-0.25, -0.2) is 23.0 Å². The maximum atomic E-state index is 12.9. The molecule has 0 bridgehead atoms. The molecule has 0 radical (unpaired) electrons. The number of thiophene rings is 1. The Hall–Kier alpha value is -2.76. The first-order valence-corrected chi connectivity index (χ1v) is 12.2. The van der Waals surface area contributed by atoms with Crippen molar-refractivity contribution in [3.8, 4) is 0 Å². The molecule has 0 unspecified atom stereocenters. The number of piperidine rings is 1. The number of carbonyl (C=O) groups is 3. The topological polar surface area (TPSA) is 113 Å². The zero-order valence-electron chi connectivity index (χ0n) is 16.9. The molecule has 31 heavy (non-hydrogen) atoms. The standard InChI is InChI=1S/C20H23N3O6S2/c1-2-23(20(26)29-19(25)16-9-12-30-14-16)21-18(24)15-7-6-8-17(13-15)31(27,28)22-10-4-3-5-11-22/h6-9,12-14H,2-5,10-11H2,1H3,(H,21,24). The molecule has 1 aliphatic heterocycles. The average molecular weight is 466 g/mol. The van der Waals surface area contributed by atoms with Gasteiger partial charge in [-0.3, -0.25) is 10.2 Å². The average Bonchev–Trinajstić information content (AvgIpc) is 3.33. The number of nitrogens with zero attached hydrogens (tertiary/aromatic N) is 2. The number of rotatable bonds is 5. The first-order chi connectivity index (χ1) is 14.8. The van der Waals surface area contributed by atoms with E-state index in [1.165, 1.54) is 46.0 Å². The van der Waals surface area contributed by atoms with E-state index in [1.54, 1.807) is 17.7 Å². The van der Waals surface area contributed by atoms with Gasteiger partial charge >= 0.3 is 12.1 Å². The number of ether oxygens (including phenoxy) is 1. The van der Waals surface area contributed by atoms with Crippen molar-refractivity contribution in [3.63, 3.8) is 0 Å². The molecule has 2 heterocycles. The zero-order valence-corrected chi connectivity index (χ0v) is 18.6. The number of benzene rings is 1. The minimum Gasteiger partial charge on any atom is -0.371 e. The molecule has 11 heteroatoms. The number of hydrogen-bond acceptors (Lipinski definition) is 7. The molecule has 1 fully saturated rings. The molecule has 1 saturated heterocycles. The summed E-state index contributed by atoms with van der Waals surface area (Å²) in [6, 6.07) is 7.14. The fourth-order valence-corrected chi connectivity index (χ4v) is 5.26. The van der Waals surface area contributed by atoms with Crippen LogP contribution in [0.25, 0.3) is 0 Å². The Morgan fingerprint density at radius 2 is 1.87 bits per heavy atom. The number of hydrogen-bond donors (Lipinski definition) is 1. The van der Waals surface area contributed by atoms with Crippen molar-refractivity contribution < 1.29 is 27.5 Å². The molecule has 1 aromatic carbocycles. The minimum absolute atomic E-state index is 0.0142. The highest BCUT2D eigenvalue weighted by atomic mass is 32.2. The van der Waals surface area contributed by atoms with Gasteiger partial charge in [-0.05, 0) is 49.4 Å². The van der Waals surface area contributed by atoms with Crippen LogP contribution in [0.2, 0.25) is 0 Å². The predicted octanol–water partition coefficient (Wildman–Crippen LogP) is 2.87. The molecule has 166 valence electrons. The molecule has 2 aromatic rings. The summed E-state index contributed by atoms with van der Waals surface area (Å²) in [5, 5.41) is 4.06. The van der Waals surface area contributed by atoms with Crippen molar-refractivity contribution >= 4 is 39.3 Å². The number of amides is 2. The molecule has 0 atom stereocenters. The van der Waals surface area contributed by atoms with E-state index in [-0.39, 0.29) is 22.6 Å². The van der Waals surface area contributed by atoms with Crippen molar-refractivity contribution in [2.75, 3.05) is 19.6 Å². The Morgan fingerprint density at radius 1 is 1.13 bits per heavy atom. The lowest BCUT2D eigenvalue weighted by molar-refractivity contribution is 0.0471. The molecule has 0 spiro atoms. The van der Waals surface area contributed by atoms with E-state index >= 15 is 0 Å². The van der Waals surface area contributed by atoms with Crippen LogP contribution in [0.3, 0.4) is 0 Å². The summed E-state index contributed by atoms with van der Waals surface area (Å²) in [6.07, 6.45) is 1.56. The molecule has 1 aromatic heterocycles. The highest BCUT2D eigenvalue weighted by Gasteiger charge is 2.27. The first-order valence-electron chi connectivity index (χ1n) is 9.80. The van der Waals surface area contributed by atoms with Crippen LogP contribution in [-0.2, 0) is 14.8 Å². The molecule has 1 aliphatic rings. The van der Waals surface area contributed by atoms with E-state index in [4.69, 9.17) is 4.74 Å². The van der Waals surface area contributed by atoms with Gasteiger partial charge in [-0.2, -0.15) is 15.6 Å². The lowest BCUT2D eigenvalue weighted by Crippen LogP contribution is -2.46. The van der Waals surface area contributed by atoms with Crippen LogP contribution in [0.4, 0.5) is 4.79 Å². The highest BCUT2D eigenvalue weighted by Crippen LogP contribution is 2.21. The van der Waals surface area contributed by atoms with E-state index in [0.29, 0.717) is 13.1 Å². The van der Waals surface area contributed by atoms with E-state index in [2.05, 4.69) is 5.43 Å². The summed E-state index contributed by atoms with van der Waals surface area (Å²) < 4.78 is 31.9. The lowest BCUT2D eigenvalue weighted by Gasteiger charge is -2.26. The Bertz CT molecular complexity index is 1050. The molecular weight excluding hydrogens is 442 g/mol. The van der Waals surface area contributed by atoms with Gasteiger partial charge in [0.05, 0.1) is 10.5 Å².